The second kappa shape index (κ2) is 28.7. The minimum atomic E-state index is -0.265. The summed E-state index contributed by atoms with van der Waals surface area (Å²) in [5, 5.41) is 0. The Hall–Kier alpha value is -4.96. The van der Waals surface area contributed by atoms with Crippen molar-refractivity contribution in [1.82, 2.24) is 0 Å². The highest BCUT2D eigenvalue weighted by Crippen LogP contribution is 2.61. The highest BCUT2D eigenvalue weighted by atomic mass is 16.5. The van der Waals surface area contributed by atoms with Crippen molar-refractivity contribution in [3.63, 3.8) is 0 Å². The lowest BCUT2D eigenvalue weighted by molar-refractivity contribution is 0.0363. The predicted octanol–water partition coefficient (Wildman–Crippen LogP) is 26.1. The standard InChI is InChI=1S/C91H140O4/c1-59(2)39-47-92-77-69(81(9,10)11)51-65(52-70(77)82(12,13)14)90(66-53-71(83(15,16)17)78(93-48-40-60(3)4)72(54-66)84(18,19)20)43-35-63(36-44-90)89(33,34)64-37-45-91(46-38-64,67-55-73(85(21,22)23)79(94-49-41-61(5)6)74(56-67)86(24,25)26)68-57-75(87(27,28)29)80(95-50-42-62(7)8)76(58-68)88(30,31)32/h39-42,51-58,63-64H,35-38,43-50H2,1-34H3. The lowest BCUT2D eigenvalue weighted by Gasteiger charge is -2.52. The van der Waals surface area contributed by atoms with Gasteiger partial charge in [0.25, 0.3) is 0 Å². The monoisotopic (exact) mass is 1300 g/mol. The highest BCUT2D eigenvalue weighted by molar-refractivity contribution is 5.61. The van der Waals surface area contributed by atoms with Gasteiger partial charge in [0.2, 0.25) is 0 Å². The molecule has 4 aromatic rings. The predicted molar refractivity (Wildman–Crippen MR) is 414 cm³/mol. The lowest BCUT2D eigenvalue weighted by Crippen LogP contribution is -2.44. The minimum Gasteiger partial charge on any atom is -0.489 e. The van der Waals surface area contributed by atoms with Gasteiger partial charge in [-0.05, 0) is 214 Å². The molecule has 4 nitrogen and oxygen atoms in total. The van der Waals surface area contributed by atoms with Crippen LogP contribution in [-0.2, 0) is 54.1 Å². The first kappa shape index (κ1) is 79.0. The average molecular weight is 1300 g/mol. The third-order valence-electron chi connectivity index (χ3n) is 21.7. The fourth-order valence-electron chi connectivity index (χ4n) is 15.4. The van der Waals surface area contributed by atoms with E-state index in [4.69, 9.17) is 18.9 Å². The molecular formula is C91H140O4. The molecule has 0 amide bonds. The van der Waals surface area contributed by atoms with Crippen molar-refractivity contribution in [3.8, 4) is 23.0 Å². The molecule has 2 aliphatic rings. The number of ether oxygens (including phenoxy) is 4. The van der Waals surface area contributed by atoms with Crippen LogP contribution in [0.15, 0.2) is 95.1 Å². The molecule has 528 valence electrons. The third kappa shape index (κ3) is 18.5. The molecule has 2 saturated carbocycles. The van der Waals surface area contributed by atoms with Crippen LogP contribution in [0.1, 0.15) is 354 Å². The summed E-state index contributed by atoms with van der Waals surface area (Å²) in [4.78, 5) is 0. The molecule has 0 N–H and O–H groups in total. The number of benzene rings is 4. The van der Waals surface area contributed by atoms with E-state index in [1.807, 2.05) is 0 Å². The first-order valence-electron chi connectivity index (χ1n) is 37.0. The number of allylic oxidation sites excluding steroid dienone is 4. The largest absolute Gasteiger partial charge is 0.489 e. The Morgan fingerprint density at radius 3 is 0.558 bits per heavy atom. The summed E-state index contributed by atoms with van der Waals surface area (Å²) in [5.74, 6) is 5.29. The smallest absolute Gasteiger partial charge is 0.127 e. The maximum atomic E-state index is 7.03. The van der Waals surface area contributed by atoms with Gasteiger partial charge in [-0.3, -0.25) is 0 Å². The quantitative estimate of drug-likeness (QED) is 0.0931. The van der Waals surface area contributed by atoms with Gasteiger partial charge >= 0.3 is 0 Å². The zero-order valence-corrected chi connectivity index (χ0v) is 67.7. The van der Waals surface area contributed by atoms with Crippen molar-refractivity contribution in [3.05, 3.63) is 162 Å². The van der Waals surface area contributed by atoms with E-state index in [2.05, 4.69) is 308 Å². The molecule has 0 aromatic heterocycles. The first-order chi connectivity index (χ1) is 43.2. The SMILES string of the molecule is CC(C)=CCOc1c(C(C)(C)C)cc(C2(c3cc(C(C)(C)C)c(OCC=C(C)C)c(C(C)(C)C)c3)CCC(C(C)(C)C3CCC(c4cc(C(C)(C)C)c(OCC=C(C)C)c(C(C)(C)C)c4)(c4cc(C(C)(C)C)c(OCC=C(C)C)c(C(C)(C)C)c4)CC3)CC2)cc1C(C)(C)C. The third-order valence-corrected chi connectivity index (χ3v) is 21.7. The van der Waals surface area contributed by atoms with E-state index in [1.54, 1.807) is 0 Å². The Balaban J connectivity index is 1.61. The molecular weight excluding hydrogens is 1160 g/mol. The van der Waals surface area contributed by atoms with Gasteiger partial charge in [-0.2, -0.15) is 0 Å². The van der Waals surface area contributed by atoms with Gasteiger partial charge in [-0.25, -0.2) is 0 Å². The molecule has 4 aromatic carbocycles. The highest BCUT2D eigenvalue weighted by Gasteiger charge is 2.51. The van der Waals surface area contributed by atoms with E-state index in [0.29, 0.717) is 38.3 Å². The molecule has 0 spiro atoms. The zero-order chi connectivity index (χ0) is 72.0. The number of hydrogen-bond donors (Lipinski definition) is 0. The maximum Gasteiger partial charge on any atom is 0.127 e. The van der Waals surface area contributed by atoms with E-state index in [9.17, 15) is 0 Å². The summed E-state index contributed by atoms with van der Waals surface area (Å²) in [7, 11) is 0. The van der Waals surface area contributed by atoms with E-state index < -0.39 is 0 Å². The zero-order valence-electron chi connectivity index (χ0n) is 67.7. The van der Waals surface area contributed by atoms with Gasteiger partial charge < -0.3 is 18.9 Å². The van der Waals surface area contributed by atoms with Gasteiger partial charge in [-0.1, -0.05) is 251 Å². The van der Waals surface area contributed by atoms with Crippen LogP contribution in [0.3, 0.4) is 0 Å². The van der Waals surface area contributed by atoms with Crippen LogP contribution in [0, 0.1) is 17.3 Å². The van der Waals surface area contributed by atoms with Crippen LogP contribution in [0.4, 0.5) is 0 Å². The van der Waals surface area contributed by atoms with E-state index in [0.717, 1.165) is 74.4 Å². The summed E-state index contributed by atoms with van der Waals surface area (Å²) >= 11 is 0. The molecule has 4 heteroatoms. The summed E-state index contributed by atoms with van der Waals surface area (Å²) in [6, 6.07) is 20.9. The van der Waals surface area contributed by atoms with Crippen LogP contribution in [0.2, 0.25) is 0 Å². The molecule has 0 heterocycles. The Morgan fingerprint density at radius 1 is 0.284 bits per heavy atom. The van der Waals surface area contributed by atoms with E-state index in [1.165, 1.54) is 89.1 Å². The summed E-state index contributed by atoms with van der Waals surface area (Å²) in [6.45, 7) is 82.2. The minimum absolute atomic E-state index is 0.0787. The van der Waals surface area contributed by atoms with Gasteiger partial charge in [0.1, 0.15) is 49.4 Å². The number of rotatable bonds is 18. The molecule has 0 bridgehead atoms. The molecule has 0 unspecified atom stereocenters. The molecule has 0 aliphatic heterocycles. The topological polar surface area (TPSA) is 36.9 Å². The van der Waals surface area contributed by atoms with Crippen molar-refractivity contribution >= 4 is 0 Å². The average Bonchev–Trinajstić information content (AvgIpc) is 0.730. The van der Waals surface area contributed by atoms with Crippen LogP contribution < -0.4 is 18.9 Å². The number of hydrogen-bond acceptors (Lipinski definition) is 4. The Kier molecular flexibility index (Phi) is 23.9. The first-order valence-corrected chi connectivity index (χ1v) is 37.0. The van der Waals surface area contributed by atoms with Crippen molar-refractivity contribution in [2.75, 3.05) is 26.4 Å². The Labute approximate surface area is 585 Å². The van der Waals surface area contributed by atoms with Gasteiger partial charge in [0.15, 0.2) is 0 Å². The van der Waals surface area contributed by atoms with Crippen molar-refractivity contribution in [2.24, 2.45) is 17.3 Å². The molecule has 2 aliphatic carbocycles. The van der Waals surface area contributed by atoms with E-state index >= 15 is 0 Å². The maximum absolute atomic E-state index is 7.03. The van der Waals surface area contributed by atoms with Gasteiger partial charge in [-0.15, -0.1) is 0 Å². The van der Waals surface area contributed by atoms with Crippen molar-refractivity contribution in [2.45, 2.75) is 341 Å². The van der Waals surface area contributed by atoms with Crippen molar-refractivity contribution in [1.29, 1.82) is 0 Å². The summed E-state index contributed by atoms with van der Waals surface area (Å²) in [5.41, 5.74) is 19.4. The molecule has 0 saturated heterocycles. The molecule has 6 rings (SSSR count). The van der Waals surface area contributed by atoms with Crippen LogP contribution in [-0.4, -0.2) is 26.4 Å². The second-order valence-electron chi connectivity index (χ2n) is 39.5. The van der Waals surface area contributed by atoms with Gasteiger partial charge in [0.05, 0.1) is 0 Å². The molecule has 95 heavy (non-hydrogen) atoms. The van der Waals surface area contributed by atoms with Crippen LogP contribution in [0.25, 0.3) is 0 Å². The Morgan fingerprint density at radius 2 is 0.432 bits per heavy atom. The lowest BCUT2D eigenvalue weighted by atomic mass is 9.52. The van der Waals surface area contributed by atoms with Crippen molar-refractivity contribution < 1.29 is 18.9 Å². The fraction of sp³-hybridized carbons (Fsp3) is 0.648. The van der Waals surface area contributed by atoms with Gasteiger partial charge in [0, 0.05) is 55.3 Å². The molecule has 2 fully saturated rings. The second-order valence-corrected chi connectivity index (χ2v) is 39.5. The molecule has 0 atom stereocenters. The van der Waals surface area contributed by atoms with E-state index in [-0.39, 0.29) is 59.6 Å². The summed E-state index contributed by atoms with van der Waals surface area (Å²) < 4.78 is 28.1. The summed E-state index contributed by atoms with van der Waals surface area (Å²) in [6.07, 6.45) is 17.8. The normalized spacial score (nSPS) is 16.4. The molecule has 0 radical (unpaired) electrons. The van der Waals surface area contributed by atoms with Crippen LogP contribution >= 0.6 is 0 Å². The van der Waals surface area contributed by atoms with Crippen LogP contribution in [0.5, 0.6) is 23.0 Å². The fourth-order valence-corrected chi connectivity index (χ4v) is 15.4. The Bertz CT molecular complexity index is 2860.